The van der Waals surface area contributed by atoms with Crippen molar-refractivity contribution in [3.05, 3.63) is 52.6 Å². The van der Waals surface area contributed by atoms with Gasteiger partial charge in [0.2, 0.25) is 0 Å². The van der Waals surface area contributed by atoms with E-state index in [2.05, 4.69) is 6.07 Å². The van der Waals surface area contributed by atoms with Crippen molar-refractivity contribution in [1.82, 2.24) is 0 Å². The van der Waals surface area contributed by atoms with Gasteiger partial charge in [-0.1, -0.05) is 0 Å². The van der Waals surface area contributed by atoms with Crippen LogP contribution in [-0.2, 0) is 0 Å². The molecule has 0 aliphatic carbocycles. The molecule has 2 aromatic carbocycles. The Hall–Kier alpha value is -2.47. The third kappa shape index (κ3) is 2.86. The number of nitrogen functional groups attached to an aromatic ring is 1. The second-order valence-electron chi connectivity index (χ2n) is 4.73. The highest BCUT2D eigenvalue weighted by Crippen LogP contribution is 2.31. The van der Waals surface area contributed by atoms with Crippen molar-refractivity contribution in [2.45, 2.75) is 20.8 Å². The highest BCUT2D eigenvalue weighted by molar-refractivity contribution is 5.52. The van der Waals surface area contributed by atoms with E-state index < -0.39 is 0 Å². The average Bonchev–Trinajstić information content (AvgIpc) is 2.32. The third-order valence-electron chi connectivity index (χ3n) is 2.88. The van der Waals surface area contributed by atoms with E-state index in [1.165, 1.54) is 0 Å². The van der Waals surface area contributed by atoms with Crippen LogP contribution in [0, 0.1) is 32.1 Å². The molecule has 0 spiro atoms. The lowest BCUT2D eigenvalue weighted by Crippen LogP contribution is -1.94. The van der Waals surface area contributed by atoms with Crippen LogP contribution in [0.3, 0.4) is 0 Å². The molecule has 3 nitrogen and oxygen atoms in total. The summed E-state index contributed by atoms with van der Waals surface area (Å²) in [7, 11) is 0. The molecule has 2 aromatic rings. The lowest BCUT2D eigenvalue weighted by molar-refractivity contribution is 0.475. The van der Waals surface area contributed by atoms with Gasteiger partial charge in [0.1, 0.15) is 11.5 Å². The quantitative estimate of drug-likeness (QED) is 0.826. The molecule has 19 heavy (non-hydrogen) atoms. The Morgan fingerprint density at radius 2 is 1.63 bits per heavy atom. The highest BCUT2D eigenvalue weighted by atomic mass is 16.5. The van der Waals surface area contributed by atoms with Crippen molar-refractivity contribution < 1.29 is 4.74 Å². The summed E-state index contributed by atoms with van der Waals surface area (Å²) in [5.41, 5.74) is 10.1. The predicted octanol–water partition coefficient (Wildman–Crippen LogP) is 3.86. The first-order valence-electron chi connectivity index (χ1n) is 6.06. The minimum atomic E-state index is 0.645. The molecule has 0 aliphatic heterocycles. The number of hydrogen-bond acceptors (Lipinski definition) is 3. The Bertz CT molecular complexity index is 626. The monoisotopic (exact) mass is 252 g/mol. The number of ether oxygens (including phenoxy) is 1. The summed E-state index contributed by atoms with van der Waals surface area (Å²) >= 11 is 0. The van der Waals surface area contributed by atoms with Crippen LogP contribution in [0.2, 0.25) is 0 Å². The van der Waals surface area contributed by atoms with Gasteiger partial charge in [0.25, 0.3) is 0 Å². The Morgan fingerprint density at radius 3 is 2.16 bits per heavy atom. The van der Waals surface area contributed by atoms with E-state index in [0.29, 0.717) is 17.0 Å². The lowest BCUT2D eigenvalue weighted by atomic mass is 10.1. The maximum absolute atomic E-state index is 8.93. The molecule has 0 aliphatic rings. The lowest BCUT2D eigenvalue weighted by Gasteiger charge is -2.13. The fraction of sp³-hybridized carbons (Fsp3) is 0.188. The van der Waals surface area contributed by atoms with Crippen molar-refractivity contribution in [1.29, 1.82) is 5.26 Å². The van der Waals surface area contributed by atoms with Gasteiger partial charge >= 0.3 is 0 Å². The summed E-state index contributed by atoms with van der Waals surface area (Å²) in [6, 6.07) is 11.4. The van der Waals surface area contributed by atoms with E-state index >= 15 is 0 Å². The predicted molar refractivity (Wildman–Crippen MR) is 76.3 cm³/mol. The number of nitriles is 1. The Labute approximate surface area is 113 Å². The molecule has 3 heteroatoms. The van der Waals surface area contributed by atoms with Crippen LogP contribution in [0.15, 0.2) is 30.3 Å². The van der Waals surface area contributed by atoms with E-state index in [-0.39, 0.29) is 0 Å². The summed E-state index contributed by atoms with van der Waals surface area (Å²) in [4.78, 5) is 0. The number of aryl methyl sites for hydroxylation is 3. The molecule has 96 valence electrons. The molecule has 0 amide bonds. The standard InChI is InChI=1S/C16H16N2O/c1-10-4-14(18)8-15(5-10)19-16-11(2)6-13(9-17)7-12(16)3/h4-8H,18H2,1-3H3. The second kappa shape index (κ2) is 5.03. The molecule has 0 radical (unpaired) electrons. The number of benzene rings is 2. The maximum Gasteiger partial charge on any atom is 0.133 e. The van der Waals surface area contributed by atoms with Crippen LogP contribution < -0.4 is 10.5 Å². The fourth-order valence-corrected chi connectivity index (χ4v) is 2.13. The summed E-state index contributed by atoms with van der Waals surface area (Å²) in [5, 5.41) is 8.93. The highest BCUT2D eigenvalue weighted by Gasteiger charge is 2.08. The van der Waals surface area contributed by atoms with Gasteiger partial charge in [-0.2, -0.15) is 5.26 Å². The number of nitrogens with zero attached hydrogens (tertiary/aromatic N) is 1. The van der Waals surface area contributed by atoms with Crippen LogP contribution in [-0.4, -0.2) is 0 Å². The minimum Gasteiger partial charge on any atom is -0.457 e. The zero-order valence-electron chi connectivity index (χ0n) is 11.3. The van der Waals surface area contributed by atoms with Gasteiger partial charge in [-0.3, -0.25) is 0 Å². The zero-order chi connectivity index (χ0) is 14.0. The van der Waals surface area contributed by atoms with Crippen LogP contribution in [0.4, 0.5) is 5.69 Å². The molecule has 0 heterocycles. The Morgan fingerprint density at radius 1 is 1.00 bits per heavy atom. The van der Waals surface area contributed by atoms with Crippen LogP contribution in [0.25, 0.3) is 0 Å². The van der Waals surface area contributed by atoms with E-state index in [4.69, 9.17) is 15.7 Å². The molecule has 2 N–H and O–H groups in total. The third-order valence-corrected chi connectivity index (χ3v) is 2.88. The van der Waals surface area contributed by atoms with Crippen molar-refractivity contribution in [2.24, 2.45) is 0 Å². The molecule has 0 fully saturated rings. The van der Waals surface area contributed by atoms with Crippen molar-refractivity contribution >= 4 is 5.69 Å². The normalized spacial score (nSPS) is 10.0. The molecule has 0 atom stereocenters. The molecular weight excluding hydrogens is 236 g/mol. The van der Waals surface area contributed by atoms with Crippen LogP contribution in [0.1, 0.15) is 22.3 Å². The van der Waals surface area contributed by atoms with Gasteiger partial charge in [0.15, 0.2) is 0 Å². The number of anilines is 1. The summed E-state index contributed by atoms with van der Waals surface area (Å²) in [5.74, 6) is 1.50. The molecule has 0 saturated heterocycles. The first kappa shape index (κ1) is 13.0. The van der Waals surface area contributed by atoms with Gasteiger partial charge in [-0.15, -0.1) is 0 Å². The van der Waals surface area contributed by atoms with Gasteiger partial charge in [-0.05, 0) is 61.7 Å². The van der Waals surface area contributed by atoms with Crippen molar-refractivity contribution in [3.63, 3.8) is 0 Å². The largest absolute Gasteiger partial charge is 0.457 e. The van der Waals surface area contributed by atoms with Gasteiger partial charge in [-0.25, -0.2) is 0 Å². The summed E-state index contributed by atoms with van der Waals surface area (Å²) in [6.45, 7) is 5.84. The van der Waals surface area contributed by atoms with E-state index in [9.17, 15) is 0 Å². The zero-order valence-corrected chi connectivity index (χ0v) is 11.3. The Kier molecular flexibility index (Phi) is 3.43. The summed E-state index contributed by atoms with van der Waals surface area (Å²) < 4.78 is 5.91. The van der Waals surface area contributed by atoms with E-state index in [1.807, 2.05) is 45.0 Å². The van der Waals surface area contributed by atoms with E-state index in [1.54, 1.807) is 6.07 Å². The Balaban J connectivity index is 2.41. The number of nitrogens with two attached hydrogens (primary N) is 1. The smallest absolute Gasteiger partial charge is 0.133 e. The first-order valence-corrected chi connectivity index (χ1v) is 6.06. The minimum absolute atomic E-state index is 0.645. The van der Waals surface area contributed by atoms with Gasteiger partial charge in [0, 0.05) is 11.8 Å². The molecule has 0 saturated carbocycles. The van der Waals surface area contributed by atoms with Crippen molar-refractivity contribution in [3.8, 4) is 17.6 Å². The molecule has 2 rings (SSSR count). The van der Waals surface area contributed by atoms with Crippen molar-refractivity contribution in [2.75, 3.05) is 5.73 Å². The first-order chi connectivity index (χ1) is 8.99. The molecular formula is C16H16N2O. The molecule has 0 unspecified atom stereocenters. The van der Waals surface area contributed by atoms with Gasteiger partial charge in [0.05, 0.1) is 11.6 Å². The maximum atomic E-state index is 8.93. The fourth-order valence-electron chi connectivity index (χ4n) is 2.13. The van der Waals surface area contributed by atoms with Gasteiger partial charge < -0.3 is 10.5 Å². The molecule has 0 bridgehead atoms. The van der Waals surface area contributed by atoms with E-state index in [0.717, 1.165) is 22.4 Å². The number of hydrogen-bond donors (Lipinski definition) is 1. The second-order valence-corrected chi connectivity index (χ2v) is 4.73. The number of rotatable bonds is 2. The SMILES string of the molecule is Cc1cc(N)cc(Oc2c(C)cc(C#N)cc2C)c1. The molecule has 0 aromatic heterocycles. The van der Waals surface area contributed by atoms with Crippen LogP contribution in [0.5, 0.6) is 11.5 Å². The average molecular weight is 252 g/mol. The summed E-state index contributed by atoms with van der Waals surface area (Å²) in [6.07, 6.45) is 0. The van der Waals surface area contributed by atoms with Crippen LogP contribution >= 0.6 is 0 Å². The topological polar surface area (TPSA) is 59.0 Å².